The smallest absolute Gasteiger partial charge is 0.189 e. The average molecular weight is 216 g/mol. The van der Waals surface area contributed by atoms with E-state index in [4.69, 9.17) is 5.11 Å². The number of aryl methyl sites for hydroxylation is 1. The number of benzene rings is 1. The van der Waals surface area contributed by atoms with Gasteiger partial charge in [0.05, 0.1) is 0 Å². The zero-order chi connectivity index (χ0) is 11.7. The first-order chi connectivity index (χ1) is 7.63. The van der Waals surface area contributed by atoms with Crippen molar-refractivity contribution < 1.29 is 14.7 Å². The summed E-state index contributed by atoms with van der Waals surface area (Å²) in [7, 11) is 0. The topological polar surface area (TPSA) is 54.4 Å². The minimum atomic E-state index is -0.151. The molecule has 0 saturated heterocycles. The Balaban J connectivity index is 2.51. The Morgan fingerprint density at radius 2 is 1.94 bits per heavy atom. The number of allylic oxidation sites excluding steroid dienone is 1. The Hall–Kier alpha value is -1.74. The van der Waals surface area contributed by atoms with Crippen LogP contribution in [0.3, 0.4) is 0 Å². The van der Waals surface area contributed by atoms with Crippen molar-refractivity contribution in [3.8, 4) is 0 Å². The zero-order valence-electron chi connectivity index (χ0n) is 8.99. The Morgan fingerprint density at radius 1 is 1.19 bits per heavy atom. The molecule has 0 amide bonds. The second-order valence-electron chi connectivity index (χ2n) is 3.89. The molecular formula is C13H12O3. The Labute approximate surface area is 93.4 Å². The van der Waals surface area contributed by atoms with Crippen molar-refractivity contribution in [3.63, 3.8) is 0 Å². The van der Waals surface area contributed by atoms with Crippen LogP contribution in [0.1, 0.15) is 32.7 Å². The summed E-state index contributed by atoms with van der Waals surface area (Å²) < 4.78 is 0. The van der Waals surface area contributed by atoms with E-state index in [1.807, 2.05) is 13.0 Å². The molecule has 0 saturated carbocycles. The highest BCUT2D eigenvalue weighted by Crippen LogP contribution is 2.23. The third-order valence-corrected chi connectivity index (χ3v) is 2.66. The molecule has 0 aromatic heterocycles. The van der Waals surface area contributed by atoms with Gasteiger partial charge >= 0.3 is 0 Å². The number of aliphatic hydroxyl groups is 1. The van der Waals surface area contributed by atoms with Gasteiger partial charge in [-0.1, -0.05) is 17.7 Å². The van der Waals surface area contributed by atoms with Gasteiger partial charge in [0.15, 0.2) is 11.6 Å². The number of aliphatic hydroxyl groups excluding tert-OH is 1. The average Bonchev–Trinajstić information content (AvgIpc) is 2.26. The Bertz CT molecular complexity index is 498. The minimum absolute atomic E-state index is 0.119. The fourth-order valence-electron chi connectivity index (χ4n) is 1.84. The van der Waals surface area contributed by atoms with E-state index in [1.165, 1.54) is 6.08 Å². The van der Waals surface area contributed by atoms with Gasteiger partial charge in [-0.25, -0.2) is 0 Å². The fourth-order valence-corrected chi connectivity index (χ4v) is 1.84. The number of carbonyl (C=O) groups excluding carboxylic acids is 2. The summed E-state index contributed by atoms with van der Waals surface area (Å²) in [6.07, 6.45) is 1.57. The van der Waals surface area contributed by atoms with E-state index in [2.05, 4.69) is 0 Å². The quantitative estimate of drug-likeness (QED) is 0.818. The summed E-state index contributed by atoms with van der Waals surface area (Å²) in [5.74, 6) is -0.301. The molecular weight excluding hydrogens is 204 g/mol. The van der Waals surface area contributed by atoms with Crippen LogP contribution >= 0.6 is 0 Å². The lowest BCUT2D eigenvalue weighted by molar-refractivity contribution is 0.0978. The fraction of sp³-hybridized carbons (Fsp3) is 0.231. The molecule has 0 radical (unpaired) electrons. The molecule has 2 rings (SSSR count). The Morgan fingerprint density at radius 3 is 2.62 bits per heavy atom. The highest BCUT2D eigenvalue weighted by atomic mass is 16.3. The van der Waals surface area contributed by atoms with Crippen LogP contribution in [0.4, 0.5) is 0 Å². The van der Waals surface area contributed by atoms with Crippen LogP contribution in [-0.2, 0) is 0 Å². The van der Waals surface area contributed by atoms with Gasteiger partial charge in [0.2, 0.25) is 0 Å². The molecule has 0 bridgehead atoms. The van der Waals surface area contributed by atoms with Crippen molar-refractivity contribution >= 4 is 11.6 Å². The van der Waals surface area contributed by atoms with E-state index in [9.17, 15) is 9.59 Å². The van der Waals surface area contributed by atoms with Crippen LogP contribution < -0.4 is 0 Å². The van der Waals surface area contributed by atoms with E-state index >= 15 is 0 Å². The number of carbonyl (C=O) groups is 2. The summed E-state index contributed by atoms with van der Waals surface area (Å²) in [5.41, 5.74) is 2.26. The molecule has 0 spiro atoms. The number of Topliss-reactive ketones (excluding diaryl/α,β-unsaturated/α-hetero) is 1. The predicted octanol–water partition coefficient (Wildman–Crippen LogP) is 1.68. The first kappa shape index (κ1) is 10.8. The van der Waals surface area contributed by atoms with Crippen LogP contribution in [0.15, 0.2) is 29.8 Å². The van der Waals surface area contributed by atoms with Crippen molar-refractivity contribution in [3.05, 3.63) is 46.5 Å². The van der Waals surface area contributed by atoms with Crippen LogP contribution in [0.2, 0.25) is 0 Å². The lowest BCUT2D eigenvalue weighted by Crippen LogP contribution is -2.17. The van der Waals surface area contributed by atoms with Gasteiger partial charge in [0.1, 0.15) is 0 Å². The molecule has 0 heterocycles. The van der Waals surface area contributed by atoms with Crippen LogP contribution in [0.25, 0.3) is 0 Å². The van der Waals surface area contributed by atoms with Crippen molar-refractivity contribution in [2.75, 3.05) is 6.61 Å². The SMILES string of the molecule is Cc1ccc2c(c1)C(=O)C=C(CCO)C2=O. The Kier molecular flexibility index (Phi) is 2.71. The van der Waals surface area contributed by atoms with Gasteiger partial charge in [-0.05, 0) is 25.5 Å². The minimum Gasteiger partial charge on any atom is -0.396 e. The van der Waals surface area contributed by atoms with Crippen molar-refractivity contribution in [2.24, 2.45) is 0 Å². The predicted molar refractivity (Wildman–Crippen MR) is 59.6 cm³/mol. The van der Waals surface area contributed by atoms with Gasteiger partial charge in [-0.15, -0.1) is 0 Å². The highest BCUT2D eigenvalue weighted by molar-refractivity contribution is 6.24. The van der Waals surface area contributed by atoms with E-state index in [0.717, 1.165) is 5.56 Å². The van der Waals surface area contributed by atoms with E-state index in [1.54, 1.807) is 12.1 Å². The molecule has 0 atom stereocenters. The molecule has 1 aromatic carbocycles. The third-order valence-electron chi connectivity index (χ3n) is 2.66. The number of hydrogen-bond acceptors (Lipinski definition) is 3. The largest absolute Gasteiger partial charge is 0.396 e. The maximum atomic E-state index is 11.9. The summed E-state index contributed by atoms with van der Waals surface area (Å²) >= 11 is 0. The third kappa shape index (κ3) is 1.70. The summed E-state index contributed by atoms with van der Waals surface area (Å²) in [6.45, 7) is 1.76. The van der Waals surface area contributed by atoms with Gasteiger partial charge in [0, 0.05) is 23.3 Å². The van der Waals surface area contributed by atoms with Crippen molar-refractivity contribution in [1.82, 2.24) is 0 Å². The summed E-state index contributed by atoms with van der Waals surface area (Å²) in [6, 6.07) is 5.21. The summed E-state index contributed by atoms with van der Waals surface area (Å²) in [5, 5.41) is 8.81. The zero-order valence-corrected chi connectivity index (χ0v) is 8.99. The normalized spacial score (nSPS) is 14.8. The second kappa shape index (κ2) is 4.02. The first-order valence-electron chi connectivity index (χ1n) is 5.14. The second-order valence-corrected chi connectivity index (χ2v) is 3.89. The molecule has 0 unspecified atom stereocenters. The number of hydrogen-bond donors (Lipinski definition) is 1. The molecule has 1 N–H and O–H groups in total. The molecule has 1 aliphatic rings. The summed E-state index contributed by atoms with van der Waals surface area (Å²) in [4.78, 5) is 23.7. The molecule has 1 aliphatic carbocycles. The van der Waals surface area contributed by atoms with Crippen molar-refractivity contribution in [1.29, 1.82) is 0 Å². The number of rotatable bonds is 2. The highest BCUT2D eigenvalue weighted by Gasteiger charge is 2.24. The first-order valence-corrected chi connectivity index (χ1v) is 5.14. The molecule has 16 heavy (non-hydrogen) atoms. The molecule has 0 aliphatic heterocycles. The van der Waals surface area contributed by atoms with Gasteiger partial charge < -0.3 is 5.11 Å². The maximum Gasteiger partial charge on any atom is 0.189 e. The van der Waals surface area contributed by atoms with E-state index < -0.39 is 0 Å². The standard InChI is InChI=1S/C13H12O3/c1-8-2-3-10-11(6-8)12(15)7-9(4-5-14)13(10)16/h2-3,6-7,14H,4-5H2,1H3. The molecule has 1 aromatic rings. The molecule has 3 heteroatoms. The monoisotopic (exact) mass is 216 g/mol. The number of ketones is 2. The van der Waals surface area contributed by atoms with Crippen LogP contribution in [0.5, 0.6) is 0 Å². The maximum absolute atomic E-state index is 11.9. The molecule has 3 nitrogen and oxygen atoms in total. The van der Waals surface area contributed by atoms with Gasteiger partial charge in [-0.3, -0.25) is 9.59 Å². The van der Waals surface area contributed by atoms with Crippen LogP contribution in [-0.4, -0.2) is 23.3 Å². The van der Waals surface area contributed by atoms with Gasteiger partial charge in [0.25, 0.3) is 0 Å². The number of fused-ring (bicyclic) bond motifs is 1. The molecule has 82 valence electrons. The lowest BCUT2D eigenvalue weighted by atomic mass is 9.87. The van der Waals surface area contributed by atoms with E-state index in [-0.39, 0.29) is 24.6 Å². The van der Waals surface area contributed by atoms with Gasteiger partial charge in [-0.2, -0.15) is 0 Å². The lowest BCUT2D eigenvalue weighted by Gasteiger charge is -2.14. The van der Waals surface area contributed by atoms with E-state index in [0.29, 0.717) is 16.7 Å². The van der Waals surface area contributed by atoms with Crippen LogP contribution in [0, 0.1) is 6.92 Å². The van der Waals surface area contributed by atoms with Crippen molar-refractivity contribution in [2.45, 2.75) is 13.3 Å². The molecule has 0 fully saturated rings.